The normalized spacial score (nSPS) is 17.1. The first-order chi connectivity index (χ1) is 15.2. The van der Waals surface area contributed by atoms with Gasteiger partial charge in [0.2, 0.25) is 11.8 Å². The van der Waals surface area contributed by atoms with Crippen LogP contribution in [-0.4, -0.2) is 62.6 Å². The summed E-state index contributed by atoms with van der Waals surface area (Å²) in [6, 6.07) is 12.4. The van der Waals surface area contributed by atoms with Crippen LogP contribution in [0.5, 0.6) is 0 Å². The van der Waals surface area contributed by atoms with E-state index in [0.717, 1.165) is 17.5 Å². The SMILES string of the molecule is CCCN1CCN(C(=O)Cn2cncn2)C[C@@H](Cc2ccccc2-c2cccs2)C1=O. The van der Waals surface area contributed by atoms with Crippen LogP contribution in [0.1, 0.15) is 18.9 Å². The molecule has 0 radical (unpaired) electrons. The summed E-state index contributed by atoms with van der Waals surface area (Å²) < 4.78 is 1.53. The average Bonchev–Trinajstić information content (AvgIpc) is 3.46. The number of hydrogen-bond acceptors (Lipinski definition) is 5. The largest absolute Gasteiger partial charge is 0.341 e. The highest BCUT2D eigenvalue weighted by Gasteiger charge is 2.32. The Bertz CT molecular complexity index is 1000. The number of aromatic nitrogens is 3. The molecule has 0 bridgehead atoms. The minimum absolute atomic E-state index is 0.0341. The number of benzene rings is 1. The zero-order chi connectivity index (χ0) is 21.6. The van der Waals surface area contributed by atoms with E-state index in [-0.39, 0.29) is 24.3 Å². The number of carbonyl (C=O) groups is 2. The van der Waals surface area contributed by atoms with Crippen molar-refractivity contribution in [1.29, 1.82) is 0 Å². The molecule has 1 fully saturated rings. The van der Waals surface area contributed by atoms with Crippen molar-refractivity contribution in [3.8, 4) is 10.4 Å². The van der Waals surface area contributed by atoms with Crippen LogP contribution in [0.3, 0.4) is 0 Å². The van der Waals surface area contributed by atoms with E-state index >= 15 is 0 Å². The van der Waals surface area contributed by atoms with Crippen LogP contribution in [0.25, 0.3) is 10.4 Å². The standard InChI is InChI=1S/C23H27N5O2S/c1-2-9-26-10-11-27(22(29)15-28-17-24-16-25-28)14-19(23(26)30)13-18-6-3-4-7-20(18)21-8-5-12-31-21/h3-8,12,16-17,19H,2,9-11,13-15H2,1H3/t19-/m1/s1. The van der Waals surface area contributed by atoms with Crippen molar-refractivity contribution >= 4 is 23.2 Å². The third-order valence-corrected chi connectivity index (χ3v) is 6.53. The van der Waals surface area contributed by atoms with E-state index in [1.807, 2.05) is 28.0 Å². The molecule has 4 rings (SSSR count). The van der Waals surface area contributed by atoms with Gasteiger partial charge in [-0.2, -0.15) is 5.10 Å². The monoisotopic (exact) mass is 437 g/mol. The molecule has 31 heavy (non-hydrogen) atoms. The number of carbonyl (C=O) groups excluding carboxylic acids is 2. The van der Waals surface area contributed by atoms with Crippen molar-refractivity contribution in [2.24, 2.45) is 5.92 Å². The summed E-state index contributed by atoms with van der Waals surface area (Å²) >= 11 is 1.70. The fourth-order valence-corrected chi connectivity index (χ4v) is 4.89. The Morgan fingerprint density at radius 1 is 1.19 bits per heavy atom. The molecule has 1 aromatic carbocycles. The van der Waals surface area contributed by atoms with Gasteiger partial charge in [0.25, 0.3) is 0 Å². The van der Waals surface area contributed by atoms with Crippen LogP contribution in [0, 0.1) is 5.92 Å². The van der Waals surface area contributed by atoms with Gasteiger partial charge in [0.05, 0.1) is 5.92 Å². The first kappa shape index (κ1) is 21.2. The van der Waals surface area contributed by atoms with Gasteiger partial charge in [-0.1, -0.05) is 37.3 Å². The first-order valence-corrected chi connectivity index (χ1v) is 11.5. The minimum atomic E-state index is -0.269. The van der Waals surface area contributed by atoms with E-state index in [4.69, 9.17) is 0 Å². The fourth-order valence-electron chi connectivity index (χ4n) is 4.10. The second-order valence-corrected chi connectivity index (χ2v) is 8.74. The quantitative estimate of drug-likeness (QED) is 0.570. The van der Waals surface area contributed by atoms with Crippen molar-refractivity contribution in [3.63, 3.8) is 0 Å². The predicted molar refractivity (Wildman–Crippen MR) is 120 cm³/mol. The molecule has 2 amide bonds. The lowest BCUT2D eigenvalue weighted by atomic mass is 9.93. The van der Waals surface area contributed by atoms with Gasteiger partial charge in [-0.3, -0.25) is 9.59 Å². The van der Waals surface area contributed by atoms with Gasteiger partial charge in [-0.05, 0) is 35.4 Å². The van der Waals surface area contributed by atoms with E-state index in [1.54, 1.807) is 17.7 Å². The average molecular weight is 438 g/mol. The molecular formula is C23H27N5O2S. The molecule has 162 valence electrons. The van der Waals surface area contributed by atoms with Crippen molar-refractivity contribution in [3.05, 3.63) is 60.0 Å². The van der Waals surface area contributed by atoms with Crippen molar-refractivity contribution in [2.75, 3.05) is 26.2 Å². The highest BCUT2D eigenvalue weighted by atomic mass is 32.1. The van der Waals surface area contributed by atoms with Gasteiger partial charge in [0.1, 0.15) is 19.2 Å². The van der Waals surface area contributed by atoms with Crippen molar-refractivity contribution in [1.82, 2.24) is 24.6 Å². The summed E-state index contributed by atoms with van der Waals surface area (Å²) in [7, 11) is 0. The highest BCUT2D eigenvalue weighted by Crippen LogP contribution is 2.30. The third kappa shape index (κ3) is 5.02. The summed E-state index contributed by atoms with van der Waals surface area (Å²) in [6.07, 6.45) is 4.48. The molecule has 3 heterocycles. The van der Waals surface area contributed by atoms with Crippen LogP contribution in [0.2, 0.25) is 0 Å². The summed E-state index contributed by atoms with van der Waals surface area (Å²) in [4.78, 5) is 35.2. The maximum atomic E-state index is 13.4. The Kier molecular flexibility index (Phi) is 6.76. The topological polar surface area (TPSA) is 71.3 Å². The molecule has 0 spiro atoms. The molecule has 0 N–H and O–H groups in total. The second kappa shape index (κ2) is 9.87. The van der Waals surface area contributed by atoms with Gasteiger partial charge >= 0.3 is 0 Å². The summed E-state index contributed by atoms with van der Waals surface area (Å²) in [5.74, 6) is -0.165. The molecule has 1 aliphatic heterocycles. The molecule has 7 nitrogen and oxygen atoms in total. The first-order valence-electron chi connectivity index (χ1n) is 10.7. The number of thiophene rings is 1. The minimum Gasteiger partial charge on any atom is -0.341 e. The summed E-state index contributed by atoms with van der Waals surface area (Å²) in [5.41, 5.74) is 2.31. The maximum absolute atomic E-state index is 13.4. The molecule has 3 aromatic rings. The van der Waals surface area contributed by atoms with Gasteiger partial charge in [-0.15, -0.1) is 11.3 Å². The Morgan fingerprint density at radius 3 is 2.81 bits per heavy atom. The van der Waals surface area contributed by atoms with E-state index in [9.17, 15) is 9.59 Å². The Morgan fingerprint density at radius 2 is 2.06 bits per heavy atom. The van der Waals surface area contributed by atoms with Crippen molar-refractivity contribution in [2.45, 2.75) is 26.3 Å². The van der Waals surface area contributed by atoms with E-state index in [1.165, 1.54) is 15.9 Å². The third-order valence-electron chi connectivity index (χ3n) is 5.62. The predicted octanol–water partition coefficient (Wildman–Crippen LogP) is 2.95. The molecule has 1 saturated heterocycles. The zero-order valence-electron chi connectivity index (χ0n) is 17.7. The van der Waals surface area contributed by atoms with E-state index in [2.05, 4.69) is 40.6 Å². The molecule has 8 heteroatoms. The second-order valence-electron chi connectivity index (χ2n) is 7.79. The van der Waals surface area contributed by atoms with E-state index in [0.29, 0.717) is 32.6 Å². The van der Waals surface area contributed by atoms with Gasteiger partial charge in [0, 0.05) is 31.1 Å². The van der Waals surface area contributed by atoms with Gasteiger partial charge in [0.15, 0.2) is 0 Å². The fraction of sp³-hybridized carbons (Fsp3) is 0.391. The zero-order valence-corrected chi connectivity index (χ0v) is 18.5. The van der Waals surface area contributed by atoms with Crippen LogP contribution in [0.15, 0.2) is 54.4 Å². The van der Waals surface area contributed by atoms with Gasteiger partial charge in [-0.25, -0.2) is 9.67 Å². The Labute approximate surface area is 186 Å². The Hall–Kier alpha value is -3.00. The Balaban J connectivity index is 1.57. The molecule has 0 unspecified atom stereocenters. The lowest BCUT2D eigenvalue weighted by Crippen LogP contribution is -2.39. The molecule has 1 atom stereocenters. The number of hydrogen-bond donors (Lipinski definition) is 0. The van der Waals surface area contributed by atoms with Crippen LogP contribution in [-0.2, 0) is 22.6 Å². The summed E-state index contributed by atoms with van der Waals surface area (Å²) in [5, 5.41) is 6.11. The molecular weight excluding hydrogens is 410 g/mol. The summed E-state index contributed by atoms with van der Waals surface area (Å²) in [6.45, 7) is 4.47. The van der Waals surface area contributed by atoms with Crippen LogP contribution in [0.4, 0.5) is 0 Å². The molecule has 2 aromatic heterocycles. The molecule has 0 saturated carbocycles. The smallest absolute Gasteiger partial charge is 0.244 e. The lowest BCUT2D eigenvalue weighted by molar-refractivity contribution is -0.135. The number of amides is 2. The van der Waals surface area contributed by atoms with E-state index < -0.39 is 0 Å². The van der Waals surface area contributed by atoms with Crippen LogP contribution >= 0.6 is 11.3 Å². The van der Waals surface area contributed by atoms with Gasteiger partial charge < -0.3 is 9.80 Å². The maximum Gasteiger partial charge on any atom is 0.244 e. The lowest BCUT2D eigenvalue weighted by Gasteiger charge is -2.24. The highest BCUT2D eigenvalue weighted by molar-refractivity contribution is 7.13. The molecule has 0 aliphatic carbocycles. The number of rotatable bonds is 7. The van der Waals surface area contributed by atoms with Crippen LogP contribution < -0.4 is 0 Å². The number of nitrogens with zero attached hydrogens (tertiary/aromatic N) is 5. The molecule has 1 aliphatic rings. The van der Waals surface area contributed by atoms with Crippen molar-refractivity contribution < 1.29 is 9.59 Å².